The van der Waals surface area contributed by atoms with Crippen LogP contribution in [-0.2, 0) is 7.05 Å². The number of aromatic nitrogens is 5. The van der Waals surface area contributed by atoms with Crippen molar-refractivity contribution in [1.29, 1.82) is 0 Å². The topological polar surface area (TPSA) is 100 Å². The molecule has 8 heteroatoms. The van der Waals surface area contributed by atoms with E-state index >= 15 is 0 Å². The predicted molar refractivity (Wildman–Crippen MR) is 95.7 cm³/mol. The normalized spacial score (nSPS) is 11.0. The molecule has 8 nitrogen and oxygen atoms in total. The van der Waals surface area contributed by atoms with Gasteiger partial charge in [-0.25, -0.2) is 4.52 Å². The second kappa shape index (κ2) is 5.99. The highest BCUT2D eigenvalue weighted by Crippen LogP contribution is 2.34. The summed E-state index contributed by atoms with van der Waals surface area (Å²) in [5, 5.41) is 8.65. The zero-order valence-electron chi connectivity index (χ0n) is 14.2. The van der Waals surface area contributed by atoms with Crippen molar-refractivity contribution >= 4 is 11.4 Å². The van der Waals surface area contributed by atoms with Gasteiger partial charge in [-0.3, -0.25) is 14.5 Å². The Kier molecular flexibility index (Phi) is 3.65. The molecular weight excluding hydrogens is 332 g/mol. The Bertz CT molecular complexity index is 1130. The van der Waals surface area contributed by atoms with Gasteiger partial charge in [0, 0.05) is 42.3 Å². The lowest BCUT2D eigenvalue weighted by atomic mass is 10.1. The Morgan fingerprint density at radius 2 is 1.96 bits per heavy atom. The number of hydrogen-bond acceptors (Lipinski definition) is 5. The van der Waals surface area contributed by atoms with Gasteiger partial charge in [0.05, 0.1) is 19.5 Å². The number of aryl methyl sites for hydroxylation is 1. The summed E-state index contributed by atoms with van der Waals surface area (Å²) in [5.41, 5.74) is 9.84. The van der Waals surface area contributed by atoms with E-state index in [1.54, 1.807) is 47.0 Å². The summed E-state index contributed by atoms with van der Waals surface area (Å²) < 4.78 is 9.09. The molecule has 4 aromatic rings. The standard InChI is InChI=1S/C18H16N6O2/c1-23-9-13(7-21-23)12-6-16(26-2)17-14(8-22-24(17)10-12)11-3-4-20-15(5-11)18(19)25/h3-10H,1-2H3,(H2,19,25). The zero-order chi connectivity index (χ0) is 18.3. The fourth-order valence-corrected chi connectivity index (χ4v) is 2.91. The van der Waals surface area contributed by atoms with Gasteiger partial charge in [0.25, 0.3) is 5.91 Å². The average Bonchev–Trinajstić information content (AvgIpc) is 3.27. The first-order valence-corrected chi connectivity index (χ1v) is 7.87. The second-order valence-corrected chi connectivity index (χ2v) is 5.85. The van der Waals surface area contributed by atoms with Crippen molar-refractivity contribution in [2.45, 2.75) is 0 Å². The summed E-state index contributed by atoms with van der Waals surface area (Å²) in [4.78, 5) is 15.4. The van der Waals surface area contributed by atoms with Gasteiger partial charge in [-0.1, -0.05) is 0 Å². The molecule has 0 aliphatic rings. The van der Waals surface area contributed by atoms with Gasteiger partial charge in [-0.05, 0) is 23.8 Å². The first kappa shape index (κ1) is 15.8. The number of ether oxygens (including phenoxy) is 1. The average molecular weight is 348 g/mol. The third kappa shape index (κ3) is 2.57. The lowest BCUT2D eigenvalue weighted by Crippen LogP contribution is -2.12. The number of rotatable bonds is 4. The number of hydrogen-bond donors (Lipinski definition) is 1. The highest BCUT2D eigenvalue weighted by atomic mass is 16.5. The van der Waals surface area contributed by atoms with E-state index in [4.69, 9.17) is 10.5 Å². The number of primary amides is 1. The molecule has 4 aromatic heterocycles. The number of methoxy groups -OCH3 is 1. The lowest BCUT2D eigenvalue weighted by molar-refractivity contribution is 0.0995. The number of fused-ring (bicyclic) bond motifs is 1. The molecule has 0 atom stereocenters. The van der Waals surface area contributed by atoms with Crippen LogP contribution in [-0.4, -0.2) is 37.4 Å². The van der Waals surface area contributed by atoms with Crippen molar-refractivity contribution in [3.05, 3.63) is 54.9 Å². The molecule has 0 aliphatic heterocycles. The van der Waals surface area contributed by atoms with Crippen LogP contribution in [0.2, 0.25) is 0 Å². The van der Waals surface area contributed by atoms with E-state index in [0.717, 1.165) is 27.8 Å². The monoisotopic (exact) mass is 348 g/mol. The van der Waals surface area contributed by atoms with Crippen molar-refractivity contribution < 1.29 is 9.53 Å². The van der Waals surface area contributed by atoms with Gasteiger partial charge in [-0.15, -0.1) is 0 Å². The Balaban J connectivity index is 1.90. The van der Waals surface area contributed by atoms with Crippen LogP contribution in [0.5, 0.6) is 5.75 Å². The summed E-state index contributed by atoms with van der Waals surface area (Å²) in [6.45, 7) is 0. The molecule has 0 aliphatic carbocycles. The lowest BCUT2D eigenvalue weighted by Gasteiger charge is -2.08. The minimum Gasteiger partial charge on any atom is -0.494 e. The molecule has 0 spiro atoms. The summed E-state index contributed by atoms with van der Waals surface area (Å²) in [6, 6.07) is 5.39. The van der Waals surface area contributed by atoms with Crippen LogP contribution in [0.4, 0.5) is 0 Å². The van der Waals surface area contributed by atoms with E-state index in [1.807, 2.05) is 25.5 Å². The molecule has 0 unspecified atom stereocenters. The molecule has 0 radical (unpaired) electrons. The molecule has 4 rings (SSSR count). The minimum atomic E-state index is -0.575. The Hall–Kier alpha value is -3.68. The quantitative estimate of drug-likeness (QED) is 0.607. The maximum Gasteiger partial charge on any atom is 0.267 e. The van der Waals surface area contributed by atoms with E-state index in [9.17, 15) is 4.79 Å². The van der Waals surface area contributed by atoms with Crippen LogP contribution in [0.15, 0.2) is 49.2 Å². The van der Waals surface area contributed by atoms with Crippen LogP contribution in [0, 0.1) is 0 Å². The van der Waals surface area contributed by atoms with Crippen LogP contribution >= 0.6 is 0 Å². The molecule has 4 heterocycles. The van der Waals surface area contributed by atoms with E-state index in [1.165, 1.54) is 0 Å². The Morgan fingerprint density at radius 1 is 1.12 bits per heavy atom. The van der Waals surface area contributed by atoms with E-state index in [2.05, 4.69) is 15.2 Å². The van der Waals surface area contributed by atoms with Crippen molar-refractivity contribution in [1.82, 2.24) is 24.4 Å². The first-order valence-electron chi connectivity index (χ1n) is 7.87. The van der Waals surface area contributed by atoms with E-state index in [0.29, 0.717) is 5.75 Å². The first-order chi connectivity index (χ1) is 12.6. The number of nitrogens with two attached hydrogens (primary N) is 1. The molecule has 0 saturated heterocycles. The maximum absolute atomic E-state index is 11.4. The molecule has 1 amide bonds. The smallest absolute Gasteiger partial charge is 0.267 e. The minimum absolute atomic E-state index is 0.202. The van der Waals surface area contributed by atoms with Crippen LogP contribution in [0.1, 0.15) is 10.5 Å². The number of carbonyl (C=O) groups is 1. The largest absolute Gasteiger partial charge is 0.494 e. The van der Waals surface area contributed by atoms with E-state index < -0.39 is 5.91 Å². The number of pyridine rings is 2. The summed E-state index contributed by atoms with van der Waals surface area (Å²) >= 11 is 0. The molecule has 26 heavy (non-hydrogen) atoms. The SMILES string of the molecule is COc1cc(-c2cnn(C)c2)cn2ncc(-c3ccnc(C(N)=O)c3)c12. The van der Waals surface area contributed by atoms with Gasteiger partial charge in [-0.2, -0.15) is 10.2 Å². The fourth-order valence-electron chi connectivity index (χ4n) is 2.91. The van der Waals surface area contributed by atoms with E-state index in [-0.39, 0.29) is 5.69 Å². The number of nitrogens with zero attached hydrogens (tertiary/aromatic N) is 5. The second-order valence-electron chi connectivity index (χ2n) is 5.85. The molecule has 2 N–H and O–H groups in total. The maximum atomic E-state index is 11.4. The van der Waals surface area contributed by atoms with Gasteiger partial charge in [0.15, 0.2) is 0 Å². The highest BCUT2D eigenvalue weighted by molar-refractivity contribution is 5.93. The van der Waals surface area contributed by atoms with Crippen LogP contribution in [0.3, 0.4) is 0 Å². The van der Waals surface area contributed by atoms with Gasteiger partial charge < -0.3 is 10.5 Å². The zero-order valence-corrected chi connectivity index (χ0v) is 14.2. The Morgan fingerprint density at radius 3 is 2.65 bits per heavy atom. The van der Waals surface area contributed by atoms with Crippen molar-refractivity contribution in [2.75, 3.05) is 7.11 Å². The number of amides is 1. The van der Waals surface area contributed by atoms with Gasteiger partial charge in [0.1, 0.15) is 17.0 Å². The number of carbonyl (C=O) groups excluding carboxylic acids is 1. The Labute approximate surface area is 148 Å². The van der Waals surface area contributed by atoms with Gasteiger partial charge in [0.2, 0.25) is 0 Å². The molecule has 0 saturated carbocycles. The highest BCUT2D eigenvalue weighted by Gasteiger charge is 2.16. The van der Waals surface area contributed by atoms with Crippen molar-refractivity contribution in [3.63, 3.8) is 0 Å². The summed E-state index contributed by atoms with van der Waals surface area (Å²) in [5.74, 6) is 0.0884. The van der Waals surface area contributed by atoms with Crippen LogP contribution < -0.4 is 10.5 Å². The third-order valence-electron chi connectivity index (χ3n) is 4.16. The third-order valence-corrected chi connectivity index (χ3v) is 4.16. The molecule has 0 fully saturated rings. The van der Waals surface area contributed by atoms with Crippen LogP contribution in [0.25, 0.3) is 27.8 Å². The summed E-state index contributed by atoms with van der Waals surface area (Å²) in [7, 11) is 3.48. The fraction of sp³-hybridized carbons (Fsp3) is 0.111. The molecule has 0 bridgehead atoms. The predicted octanol–water partition coefficient (Wildman–Crippen LogP) is 1.90. The van der Waals surface area contributed by atoms with Crippen molar-refractivity contribution in [3.8, 4) is 28.0 Å². The van der Waals surface area contributed by atoms with Gasteiger partial charge >= 0.3 is 0 Å². The molecule has 0 aromatic carbocycles. The molecule has 130 valence electrons. The van der Waals surface area contributed by atoms with Crippen molar-refractivity contribution in [2.24, 2.45) is 12.8 Å². The summed E-state index contributed by atoms with van der Waals surface area (Å²) in [6.07, 6.45) is 8.90. The molecular formula is C18H16N6O2.